The zero-order valence-electron chi connectivity index (χ0n) is 40.8. The van der Waals surface area contributed by atoms with Gasteiger partial charge in [-0.3, -0.25) is 4.79 Å². The van der Waals surface area contributed by atoms with E-state index in [0.29, 0.717) is 6.61 Å². The van der Waals surface area contributed by atoms with Crippen molar-refractivity contribution >= 4 is 5.97 Å². The second-order valence-corrected chi connectivity index (χ2v) is 17.6. The highest BCUT2D eigenvalue weighted by molar-refractivity contribution is 5.69. The van der Waals surface area contributed by atoms with Gasteiger partial charge >= 0.3 is 5.97 Å². The van der Waals surface area contributed by atoms with Crippen molar-refractivity contribution in [3.05, 3.63) is 72.9 Å². The van der Waals surface area contributed by atoms with Crippen LogP contribution in [0.1, 0.15) is 206 Å². The normalized spacial score (nSPS) is 20.1. The molecule has 6 atom stereocenters. The molecule has 0 aromatic carbocycles. The fraction of sp³-hybridized carbons (Fsp3) is 0.764. The Hall–Kier alpha value is -2.37. The summed E-state index contributed by atoms with van der Waals surface area (Å²) in [5, 5.41) is 40.3. The summed E-state index contributed by atoms with van der Waals surface area (Å²) in [5.41, 5.74) is 0. The molecule has 1 saturated heterocycles. The number of aliphatic hydroxyl groups excluding tert-OH is 4. The lowest BCUT2D eigenvalue weighted by molar-refractivity contribution is -0.305. The van der Waals surface area contributed by atoms with Crippen LogP contribution in [0, 0.1) is 0 Å². The van der Waals surface area contributed by atoms with E-state index in [-0.39, 0.29) is 25.6 Å². The molecule has 6 unspecified atom stereocenters. The molecule has 9 heteroatoms. The minimum Gasteiger partial charge on any atom is -0.457 e. The van der Waals surface area contributed by atoms with Crippen LogP contribution in [0.15, 0.2) is 72.9 Å². The standard InChI is InChI=1S/C55H96O9/c1-3-5-7-9-11-13-15-17-19-21-23-24-25-26-27-28-30-32-34-36-38-40-42-44-51(57)63-49(48-62-55-54(60)53(59)52(58)50(46-56)64-55)47-61-45-43-41-39-37-35-33-31-29-22-20-18-16-14-12-10-8-6-4-2/h5,7,11,13,17,19,23-24,26-27,30,32,49-50,52-56,58-60H,3-4,6,8-10,12,14-16,18,20-22,25,28-29,31,33-48H2,1-2H3/b7-5-,13-11-,19-17-,24-23-,27-26-,32-30-. The molecule has 0 aromatic heterocycles. The molecule has 64 heavy (non-hydrogen) atoms. The minimum absolute atomic E-state index is 0.125. The van der Waals surface area contributed by atoms with Gasteiger partial charge in [-0.2, -0.15) is 0 Å². The molecule has 0 amide bonds. The average Bonchev–Trinajstić information content (AvgIpc) is 3.30. The fourth-order valence-electron chi connectivity index (χ4n) is 7.61. The van der Waals surface area contributed by atoms with Crippen molar-refractivity contribution in [2.75, 3.05) is 26.4 Å². The lowest BCUT2D eigenvalue weighted by atomic mass is 9.99. The molecule has 0 radical (unpaired) electrons. The number of aliphatic hydroxyl groups is 4. The monoisotopic (exact) mass is 901 g/mol. The lowest BCUT2D eigenvalue weighted by Gasteiger charge is -2.39. The molecule has 370 valence electrons. The average molecular weight is 901 g/mol. The van der Waals surface area contributed by atoms with Gasteiger partial charge in [0.05, 0.1) is 19.8 Å². The van der Waals surface area contributed by atoms with E-state index in [4.69, 9.17) is 18.9 Å². The zero-order valence-corrected chi connectivity index (χ0v) is 40.8. The van der Waals surface area contributed by atoms with Gasteiger partial charge in [0.1, 0.15) is 30.5 Å². The SMILES string of the molecule is CC/C=C\C/C=C\C/C=C\C/C=C\C/C=C\C/C=C\CCCCCCC(=O)OC(COCCCCCCCCCCCCCCCCCCCC)COC1OC(CO)C(O)C(O)C1O. The highest BCUT2D eigenvalue weighted by atomic mass is 16.7. The molecule has 0 aromatic rings. The third-order valence-electron chi connectivity index (χ3n) is 11.6. The van der Waals surface area contributed by atoms with Crippen molar-refractivity contribution in [1.29, 1.82) is 0 Å². The molecule has 0 spiro atoms. The van der Waals surface area contributed by atoms with Crippen LogP contribution >= 0.6 is 0 Å². The van der Waals surface area contributed by atoms with Crippen molar-refractivity contribution in [1.82, 2.24) is 0 Å². The molecule has 1 fully saturated rings. The van der Waals surface area contributed by atoms with E-state index in [1.54, 1.807) is 0 Å². The number of carbonyl (C=O) groups excluding carboxylic acids is 1. The first-order chi connectivity index (χ1) is 31.4. The number of ether oxygens (including phenoxy) is 4. The van der Waals surface area contributed by atoms with Crippen LogP contribution in [0.5, 0.6) is 0 Å². The number of hydrogen-bond donors (Lipinski definition) is 4. The van der Waals surface area contributed by atoms with Gasteiger partial charge in [-0.15, -0.1) is 0 Å². The molecule has 1 rings (SSSR count). The van der Waals surface area contributed by atoms with Crippen LogP contribution in [-0.2, 0) is 23.7 Å². The van der Waals surface area contributed by atoms with Crippen LogP contribution in [0.25, 0.3) is 0 Å². The molecule has 0 bridgehead atoms. The number of rotatable bonds is 44. The Morgan fingerprint density at radius 1 is 0.516 bits per heavy atom. The van der Waals surface area contributed by atoms with Gasteiger partial charge in [-0.1, -0.05) is 209 Å². The summed E-state index contributed by atoms with van der Waals surface area (Å²) in [6.07, 6.45) is 53.6. The van der Waals surface area contributed by atoms with Crippen molar-refractivity contribution in [3.8, 4) is 0 Å². The molecular formula is C55H96O9. The van der Waals surface area contributed by atoms with Gasteiger partial charge in [-0.25, -0.2) is 0 Å². The Labute approximate surface area is 391 Å². The topological polar surface area (TPSA) is 135 Å². The number of carbonyl (C=O) groups is 1. The lowest BCUT2D eigenvalue weighted by Crippen LogP contribution is -2.59. The van der Waals surface area contributed by atoms with Gasteiger partial charge in [0.2, 0.25) is 0 Å². The molecule has 9 nitrogen and oxygen atoms in total. The van der Waals surface area contributed by atoms with E-state index in [9.17, 15) is 25.2 Å². The van der Waals surface area contributed by atoms with Gasteiger partial charge in [0.15, 0.2) is 6.29 Å². The van der Waals surface area contributed by atoms with E-state index in [1.165, 1.54) is 103 Å². The number of hydrogen-bond acceptors (Lipinski definition) is 9. The Morgan fingerprint density at radius 3 is 1.44 bits per heavy atom. The van der Waals surface area contributed by atoms with E-state index >= 15 is 0 Å². The number of allylic oxidation sites excluding steroid dienone is 12. The van der Waals surface area contributed by atoms with Crippen molar-refractivity contribution in [2.24, 2.45) is 0 Å². The fourth-order valence-corrected chi connectivity index (χ4v) is 7.61. The molecule has 4 N–H and O–H groups in total. The summed E-state index contributed by atoms with van der Waals surface area (Å²) in [7, 11) is 0. The van der Waals surface area contributed by atoms with E-state index in [0.717, 1.165) is 83.5 Å². The molecule has 1 heterocycles. The summed E-state index contributed by atoms with van der Waals surface area (Å²) in [6, 6.07) is 0. The maximum absolute atomic E-state index is 12.8. The molecule has 1 aliphatic rings. The zero-order chi connectivity index (χ0) is 46.4. The predicted octanol–water partition coefficient (Wildman–Crippen LogP) is 12.8. The highest BCUT2D eigenvalue weighted by Gasteiger charge is 2.44. The molecular weight excluding hydrogens is 805 g/mol. The summed E-state index contributed by atoms with van der Waals surface area (Å²) in [5.74, 6) is -0.337. The van der Waals surface area contributed by atoms with Crippen molar-refractivity contribution in [2.45, 2.75) is 243 Å². The third-order valence-corrected chi connectivity index (χ3v) is 11.6. The molecule has 1 aliphatic heterocycles. The Morgan fingerprint density at radius 2 is 0.953 bits per heavy atom. The third kappa shape index (κ3) is 35.8. The van der Waals surface area contributed by atoms with Crippen LogP contribution in [0.3, 0.4) is 0 Å². The van der Waals surface area contributed by atoms with E-state index < -0.39 is 43.4 Å². The van der Waals surface area contributed by atoms with Gasteiger partial charge in [-0.05, 0) is 64.2 Å². The first-order valence-corrected chi connectivity index (χ1v) is 26.0. The summed E-state index contributed by atoms with van der Waals surface area (Å²) < 4.78 is 22.9. The molecule has 0 saturated carbocycles. The second-order valence-electron chi connectivity index (χ2n) is 17.6. The Balaban J connectivity index is 2.24. The maximum Gasteiger partial charge on any atom is 0.306 e. The predicted molar refractivity (Wildman–Crippen MR) is 265 cm³/mol. The number of unbranched alkanes of at least 4 members (excludes halogenated alkanes) is 21. The summed E-state index contributed by atoms with van der Waals surface area (Å²) in [4.78, 5) is 12.8. The summed E-state index contributed by atoms with van der Waals surface area (Å²) >= 11 is 0. The van der Waals surface area contributed by atoms with Crippen LogP contribution in [0.2, 0.25) is 0 Å². The van der Waals surface area contributed by atoms with Crippen molar-refractivity contribution < 1.29 is 44.2 Å². The van der Waals surface area contributed by atoms with Gasteiger partial charge in [0.25, 0.3) is 0 Å². The van der Waals surface area contributed by atoms with E-state index in [2.05, 4.69) is 86.8 Å². The largest absolute Gasteiger partial charge is 0.457 e. The Bertz CT molecular complexity index is 1210. The van der Waals surface area contributed by atoms with E-state index in [1.807, 2.05) is 0 Å². The first-order valence-electron chi connectivity index (χ1n) is 26.0. The maximum atomic E-state index is 12.8. The summed E-state index contributed by atoms with van der Waals surface area (Å²) in [6.45, 7) is 4.43. The molecule has 0 aliphatic carbocycles. The first kappa shape index (κ1) is 59.6. The highest BCUT2D eigenvalue weighted by Crippen LogP contribution is 2.23. The second kappa shape index (κ2) is 45.8. The van der Waals surface area contributed by atoms with Gasteiger partial charge in [0, 0.05) is 13.0 Å². The Kier molecular flexibility index (Phi) is 42.7. The van der Waals surface area contributed by atoms with Gasteiger partial charge < -0.3 is 39.4 Å². The van der Waals surface area contributed by atoms with Crippen LogP contribution < -0.4 is 0 Å². The van der Waals surface area contributed by atoms with Crippen LogP contribution in [0.4, 0.5) is 0 Å². The van der Waals surface area contributed by atoms with Crippen molar-refractivity contribution in [3.63, 3.8) is 0 Å². The minimum atomic E-state index is -1.54. The number of esters is 1. The quantitative estimate of drug-likeness (QED) is 0.0268. The van der Waals surface area contributed by atoms with Crippen LogP contribution in [-0.4, -0.2) is 89.6 Å². The smallest absolute Gasteiger partial charge is 0.306 e.